The fourth-order valence-corrected chi connectivity index (χ4v) is 2.37. The van der Waals surface area contributed by atoms with Gasteiger partial charge in [0, 0.05) is 5.75 Å². The Morgan fingerprint density at radius 2 is 2.00 bits per heavy atom. The van der Waals surface area contributed by atoms with Gasteiger partial charge in [0.25, 0.3) is 0 Å². The first-order valence-corrected chi connectivity index (χ1v) is 6.34. The van der Waals surface area contributed by atoms with E-state index in [1.165, 1.54) is 11.3 Å². The van der Waals surface area contributed by atoms with E-state index in [0.717, 1.165) is 17.4 Å². The number of hydrogen-bond acceptors (Lipinski definition) is 2. The van der Waals surface area contributed by atoms with Crippen molar-refractivity contribution in [2.24, 2.45) is 5.92 Å². The number of thiol groups is 1. The number of benzene rings is 1. The molecule has 0 heterocycles. The lowest BCUT2D eigenvalue weighted by Crippen LogP contribution is -1.99. The topological polar surface area (TPSA) is 0 Å². The maximum atomic E-state index is 4.26. The minimum Gasteiger partial charge on any atom is -0.179 e. The normalized spacial score (nSPS) is 12.8. The third kappa shape index (κ3) is 4.63. The fourth-order valence-electron chi connectivity index (χ4n) is 1.00. The zero-order valence-corrected chi connectivity index (χ0v) is 9.65. The van der Waals surface area contributed by atoms with Crippen molar-refractivity contribution < 1.29 is 0 Å². The summed E-state index contributed by atoms with van der Waals surface area (Å²) < 4.78 is 0. The molecule has 0 bridgehead atoms. The first kappa shape index (κ1) is 11.0. The summed E-state index contributed by atoms with van der Waals surface area (Å²) in [5, 5.41) is 0. The molecule has 1 aromatic rings. The highest BCUT2D eigenvalue weighted by Gasteiger charge is 1.99. The van der Waals surface area contributed by atoms with Crippen LogP contribution in [0.15, 0.2) is 30.3 Å². The Hall–Kier alpha value is -0.0800. The third-order valence-corrected chi connectivity index (χ3v) is 3.79. The predicted octanol–water partition coefficient (Wildman–Crippen LogP) is 3.49. The minimum absolute atomic E-state index is 0.719. The quantitative estimate of drug-likeness (QED) is 0.729. The lowest BCUT2D eigenvalue weighted by molar-refractivity contribution is 0.766. The predicted molar refractivity (Wildman–Crippen MR) is 65.6 cm³/mol. The summed E-state index contributed by atoms with van der Waals surface area (Å²) in [6.07, 6.45) is 0. The molecule has 0 aliphatic carbocycles. The van der Waals surface area contributed by atoms with Crippen LogP contribution in [0.25, 0.3) is 0 Å². The summed E-state index contributed by atoms with van der Waals surface area (Å²) in [5.74, 6) is 4.04. The molecule has 13 heavy (non-hydrogen) atoms. The van der Waals surface area contributed by atoms with Gasteiger partial charge in [0.15, 0.2) is 0 Å². The van der Waals surface area contributed by atoms with Gasteiger partial charge in [-0.25, -0.2) is 0 Å². The van der Waals surface area contributed by atoms with Gasteiger partial charge in [0.05, 0.1) is 0 Å². The highest BCUT2D eigenvalue weighted by atomic mass is 32.2. The molecule has 0 aliphatic rings. The van der Waals surface area contributed by atoms with Gasteiger partial charge in [0.2, 0.25) is 0 Å². The monoisotopic (exact) mass is 212 g/mol. The average Bonchev–Trinajstić information content (AvgIpc) is 2.19. The standard InChI is InChI=1S/C11H16S2/c1-10(7-12)8-13-9-11-5-3-2-4-6-11/h2-6,10,12H,7-9H2,1H3. The summed E-state index contributed by atoms with van der Waals surface area (Å²) in [6, 6.07) is 10.6. The number of thioether (sulfide) groups is 1. The molecule has 72 valence electrons. The van der Waals surface area contributed by atoms with Crippen molar-refractivity contribution in [2.75, 3.05) is 11.5 Å². The van der Waals surface area contributed by atoms with Crippen LogP contribution in [-0.4, -0.2) is 11.5 Å². The van der Waals surface area contributed by atoms with Crippen LogP contribution in [-0.2, 0) is 5.75 Å². The van der Waals surface area contributed by atoms with Crippen molar-refractivity contribution in [3.05, 3.63) is 35.9 Å². The Kier molecular flexibility index (Phi) is 5.40. The van der Waals surface area contributed by atoms with Gasteiger partial charge >= 0.3 is 0 Å². The Morgan fingerprint density at radius 1 is 1.31 bits per heavy atom. The Bertz CT molecular complexity index is 221. The second-order valence-corrected chi connectivity index (χ2v) is 4.68. The summed E-state index contributed by atoms with van der Waals surface area (Å²) in [5.41, 5.74) is 1.42. The van der Waals surface area contributed by atoms with Gasteiger partial charge < -0.3 is 0 Å². The third-order valence-electron chi connectivity index (χ3n) is 1.83. The molecule has 0 aromatic heterocycles. The molecular formula is C11H16S2. The average molecular weight is 212 g/mol. The second-order valence-electron chi connectivity index (χ2n) is 3.29. The first-order valence-electron chi connectivity index (χ1n) is 4.55. The van der Waals surface area contributed by atoms with E-state index in [0.29, 0.717) is 0 Å². The van der Waals surface area contributed by atoms with Crippen LogP contribution in [0.1, 0.15) is 12.5 Å². The number of rotatable bonds is 5. The van der Waals surface area contributed by atoms with Gasteiger partial charge in [-0.05, 0) is 23.0 Å². The van der Waals surface area contributed by atoms with Crippen LogP contribution in [0.5, 0.6) is 0 Å². The van der Waals surface area contributed by atoms with Crippen molar-refractivity contribution in [2.45, 2.75) is 12.7 Å². The molecule has 1 atom stereocenters. The zero-order chi connectivity index (χ0) is 9.52. The van der Waals surface area contributed by atoms with Crippen molar-refractivity contribution in [1.29, 1.82) is 0 Å². The lowest BCUT2D eigenvalue weighted by atomic mass is 10.2. The molecule has 0 spiro atoms. The van der Waals surface area contributed by atoms with Gasteiger partial charge in [0.1, 0.15) is 0 Å². The van der Waals surface area contributed by atoms with Crippen molar-refractivity contribution in [3.8, 4) is 0 Å². The highest BCUT2D eigenvalue weighted by Crippen LogP contribution is 2.15. The lowest BCUT2D eigenvalue weighted by Gasteiger charge is -2.06. The molecule has 0 aliphatic heterocycles. The molecule has 0 fully saturated rings. The van der Waals surface area contributed by atoms with Crippen molar-refractivity contribution >= 4 is 24.4 Å². The summed E-state index contributed by atoms with van der Waals surface area (Å²) in [6.45, 7) is 2.24. The van der Waals surface area contributed by atoms with Crippen molar-refractivity contribution in [3.63, 3.8) is 0 Å². The van der Waals surface area contributed by atoms with Crippen LogP contribution in [0.3, 0.4) is 0 Å². The molecule has 1 aromatic carbocycles. The van der Waals surface area contributed by atoms with E-state index in [-0.39, 0.29) is 0 Å². The molecule has 0 N–H and O–H groups in total. The van der Waals surface area contributed by atoms with E-state index in [2.05, 4.69) is 49.9 Å². The SMILES string of the molecule is CC(CS)CSCc1ccccc1. The van der Waals surface area contributed by atoms with E-state index in [9.17, 15) is 0 Å². The van der Waals surface area contributed by atoms with Crippen LogP contribution in [0.4, 0.5) is 0 Å². The van der Waals surface area contributed by atoms with Crippen LogP contribution in [0, 0.1) is 5.92 Å². The Balaban J connectivity index is 2.20. The van der Waals surface area contributed by atoms with Gasteiger partial charge in [-0.1, -0.05) is 37.3 Å². The zero-order valence-electron chi connectivity index (χ0n) is 7.94. The molecule has 1 rings (SSSR count). The minimum atomic E-state index is 0.719. The highest BCUT2D eigenvalue weighted by molar-refractivity contribution is 7.98. The fraction of sp³-hybridized carbons (Fsp3) is 0.455. The molecule has 0 nitrogen and oxygen atoms in total. The molecule has 0 amide bonds. The largest absolute Gasteiger partial charge is 0.179 e. The first-order chi connectivity index (χ1) is 6.33. The smallest absolute Gasteiger partial charge is 0.0184 e. The molecule has 0 radical (unpaired) electrons. The van der Waals surface area contributed by atoms with E-state index < -0.39 is 0 Å². The van der Waals surface area contributed by atoms with E-state index in [4.69, 9.17) is 0 Å². The summed E-state index contributed by atoms with van der Waals surface area (Å²) >= 11 is 6.25. The second kappa shape index (κ2) is 6.39. The Morgan fingerprint density at radius 3 is 2.62 bits per heavy atom. The van der Waals surface area contributed by atoms with E-state index in [1.807, 2.05) is 11.8 Å². The van der Waals surface area contributed by atoms with E-state index in [1.54, 1.807) is 0 Å². The van der Waals surface area contributed by atoms with Crippen LogP contribution < -0.4 is 0 Å². The van der Waals surface area contributed by atoms with Crippen molar-refractivity contribution in [1.82, 2.24) is 0 Å². The molecule has 0 saturated carbocycles. The van der Waals surface area contributed by atoms with Crippen LogP contribution >= 0.6 is 24.4 Å². The number of hydrogen-bond donors (Lipinski definition) is 1. The van der Waals surface area contributed by atoms with Gasteiger partial charge in [-0.3, -0.25) is 0 Å². The summed E-state index contributed by atoms with van der Waals surface area (Å²) in [4.78, 5) is 0. The van der Waals surface area contributed by atoms with Gasteiger partial charge in [-0.2, -0.15) is 24.4 Å². The van der Waals surface area contributed by atoms with Crippen LogP contribution in [0.2, 0.25) is 0 Å². The molecule has 1 unspecified atom stereocenters. The summed E-state index contributed by atoms with van der Waals surface area (Å²) in [7, 11) is 0. The maximum absolute atomic E-state index is 4.26. The molecule has 0 saturated heterocycles. The molecule has 2 heteroatoms. The van der Waals surface area contributed by atoms with Gasteiger partial charge in [-0.15, -0.1) is 0 Å². The molecular weight excluding hydrogens is 196 g/mol. The Labute approximate surface area is 90.5 Å². The van der Waals surface area contributed by atoms with E-state index >= 15 is 0 Å². The maximum Gasteiger partial charge on any atom is 0.0184 e.